The quantitative estimate of drug-likeness (QED) is 0.534. The van der Waals surface area contributed by atoms with E-state index in [1.54, 1.807) is 12.1 Å². The number of para-hydroxylation sites is 1. The fraction of sp³-hybridized carbons (Fsp3) is 0.105. The van der Waals surface area contributed by atoms with Crippen LogP contribution in [0.2, 0.25) is 0 Å². The van der Waals surface area contributed by atoms with E-state index in [9.17, 15) is 15.2 Å². The topological polar surface area (TPSA) is 73.3 Å². The summed E-state index contributed by atoms with van der Waals surface area (Å²) in [7, 11) is 1.93. The molecule has 24 heavy (non-hydrogen) atoms. The fourth-order valence-corrected chi connectivity index (χ4v) is 2.82. The Morgan fingerprint density at radius 2 is 2.12 bits per heavy atom. The second-order valence-electron chi connectivity index (χ2n) is 5.42. The zero-order valence-corrected chi connectivity index (χ0v) is 13.1. The fourth-order valence-electron chi connectivity index (χ4n) is 2.82. The number of phenolic OH excluding ortho intramolecular Hbond substituents is 1. The average molecular weight is 319 g/mol. The number of rotatable bonds is 4. The molecular formula is C19H15N2O3+. The van der Waals surface area contributed by atoms with Crippen molar-refractivity contribution in [2.24, 2.45) is 0 Å². The molecule has 0 atom stereocenters. The standard InChI is InChI=1S/C19H14N2O3/c1-21-16-5-3-2-4-14(16)10-17(21)15(11-20)8-13-6-7-18(23)19(9-13)24-12-22/h2-9,12H,10H2,1H3/p+1. The lowest BCUT2D eigenvalue weighted by atomic mass is 10.0. The average Bonchev–Trinajstić information content (AvgIpc) is 2.93. The Balaban J connectivity index is 2.01. The van der Waals surface area contributed by atoms with Crippen LogP contribution >= 0.6 is 0 Å². The van der Waals surface area contributed by atoms with Gasteiger partial charge in [0.2, 0.25) is 11.4 Å². The highest BCUT2D eigenvalue weighted by Crippen LogP contribution is 2.30. The highest BCUT2D eigenvalue weighted by molar-refractivity contribution is 6.07. The molecule has 0 radical (unpaired) electrons. The molecule has 118 valence electrons. The highest BCUT2D eigenvalue weighted by Gasteiger charge is 2.29. The van der Waals surface area contributed by atoms with Crippen molar-refractivity contribution in [3.63, 3.8) is 0 Å². The third-order valence-corrected chi connectivity index (χ3v) is 4.02. The van der Waals surface area contributed by atoms with Gasteiger partial charge in [0.1, 0.15) is 18.7 Å². The molecule has 1 aliphatic rings. The van der Waals surface area contributed by atoms with Crippen molar-refractivity contribution in [3.05, 3.63) is 59.2 Å². The van der Waals surface area contributed by atoms with Crippen LogP contribution in [-0.2, 0) is 11.2 Å². The Kier molecular flexibility index (Phi) is 4.13. The Morgan fingerprint density at radius 1 is 1.33 bits per heavy atom. The third kappa shape index (κ3) is 2.77. The summed E-state index contributed by atoms with van der Waals surface area (Å²) in [5, 5.41) is 19.2. The van der Waals surface area contributed by atoms with E-state index in [1.165, 1.54) is 17.7 Å². The number of fused-ring (bicyclic) bond motifs is 1. The minimum Gasteiger partial charge on any atom is -0.504 e. The summed E-state index contributed by atoms with van der Waals surface area (Å²) in [5.41, 5.74) is 4.36. The van der Waals surface area contributed by atoms with Gasteiger partial charge < -0.3 is 9.84 Å². The van der Waals surface area contributed by atoms with Gasteiger partial charge in [-0.2, -0.15) is 9.84 Å². The molecule has 0 spiro atoms. The molecule has 0 aliphatic carbocycles. The van der Waals surface area contributed by atoms with Gasteiger partial charge in [0.25, 0.3) is 6.47 Å². The van der Waals surface area contributed by atoms with Gasteiger partial charge in [0, 0.05) is 11.6 Å². The second kappa shape index (κ2) is 6.39. The highest BCUT2D eigenvalue weighted by atomic mass is 16.5. The Hall–Kier alpha value is -3.39. The summed E-state index contributed by atoms with van der Waals surface area (Å²) < 4.78 is 6.74. The largest absolute Gasteiger partial charge is 0.504 e. The predicted molar refractivity (Wildman–Crippen MR) is 89.4 cm³/mol. The monoisotopic (exact) mass is 319 g/mol. The molecule has 0 saturated carbocycles. The van der Waals surface area contributed by atoms with Gasteiger partial charge in [-0.15, -0.1) is 0 Å². The molecule has 2 aromatic rings. The maximum Gasteiger partial charge on any atom is 0.298 e. The van der Waals surface area contributed by atoms with Crippen molar-refractivity contribution in [1.82, 2.24) is 0 Å². The maximum absolute atomic E-state index is 10.5. The number of aromatic hydroxyl groups is 1. The molecule has 0 unspecified atom stereocenters. The van der Waals surface area contributed by atoms with Crippen LogP contribution in [0.4, 0.5) is 5.69 Å². The molecular weight excluding hydrogens is 304 g/mol. The van der Waals surface area contributed by atoms with Crippen LogP contribution < -0.4 is 4.74 Å². The molecule has 2 aromatic carbocycles. The van der Waals surface area contributed by atoms with Gasteiger partial charge in [-0.25, -0.2) is 0 Å². The number of nitriles is 1. The SMILES string of the molecule is C[N+]1=C(/C(C#N)=C/c2ccc(O)c(OC=O)c2)Cc2ccccc21. The number of nitrogens with zero attached hydrogens (tertiary/aromatic N) is 2. The summed E-state index contributed by atoms with van der Waals surface area (Å²) >= 11 is 0. The number of hydrogen-bond acceptors (Lipinski definition) is 4. The molecule has 0 bridgehead atoms. The number of carbonyl (C=O) groups excluding carboxylic acids is 1. The van der Waals surface area contributed by atoms with E-state index >= 15 is 0 Å². The first kappa shape index (κ1) is 15.5. The molecule has 0 saturated heterocycles. The normalized spacial score (nSPS) is 13.4. The van der Waals surface area contributed by atoms with Crippen molar-refractivity contribution < 1.29 is 19.2 Å². The molecule has 0 aromatic heterocycles. The molecule has 3 rings (SSSR count). The molecule has 0 amide bonds. The van der Waals surface area contributed by atoms with Gasteiger partial charge >= 0.3 is 0 Å². The molecule has 5 nitrogen and oxygen atoms in total. The molecule has 0 fully saturated rings. The van der Waals surface area contributed by atoms with Crippen molar-refractivity contribution in [1.29, 1.82) is 5.26 Å². The zero-order valence-electron chi connectivity index (χ0n) is 13.1. The number of allylic oxidation sites excluding steroid dienone is 1. The van der Waals surface area contributed by atoms with E-state index in [1.807, 2.05) is 35.9 Å². The lowest BCUT2D eigenvalue weighted by Gasteiger charge is -2.03. The van der Waals surface area contributed by atoms with Crippen molar-refractivity contribution in [2.75, 3.05) is 7.05 Å². The van der Waals surface area contributed by atoms with Crippen LogP contribution in [0.3, 0.4) is 0 Å². The number of ether oxygens (including phenoxy) is 1. The van der Waals surface area contributed by atoms with E-state index in [0.717, 1.165) is 11.4 Å². The van der Waals surface area contributed by atoms with Crippen LogP contribution in [-0.4, -0.2) is 28.9 Å². The zero-order chi connectivity index (χ0) is 17.1. The van der Waals surface area contributed by atoms with Gasteiger partial charge in [-0.1, -0.05) is 24.3 Å². The van der Waals surface area contributed by atoms with Crippen LogP contribution in [0.1, 0.15) is 11.1 Å². The van der Waals surface area contributed by atoms with E-state index in [-0.39, 0.29) is 18.0 Å². The van der Waals surface area contributed by atoms with Crippen molar-refractivity contribution >= 4 is 23.9 Å². The van der Waals surface area contributed by atoms with Crippen molar-refractivity contribution in [3.8, 4) is 17.6 Å². The number of benzene rings is 2. The maximum atomic E-state index is 10.5. The van der Waals surface area contributed by atoms with Crippen LogP contribution in [0, 0.1) is 11.3 Å². The molecule has 1 heterocycles. The number of carbonyl (C=O) groups is 1. The molecule has 1 N–H and O–H groups in total. The van der Waals surface area contributed by atoms with E-state index in [4.69, 9.17) is 4.74 Å². The predicted octanol–water partition coefficient (Wildman–Crippen LogP) is 2.81. The second-order valence-corrected chi connectivity index (χ2v) is 5.42. The van der Waals surface area contributed by atoms with Gasteiger partial charge in [0.05, 0.1) is 6.42 Å². The Labute approximate surface area is 139 Å². The smallest absolute Gasteiger partial charge is 0.298 e. The minimum absolute atomic E-state index is 0.0594. The number of phenols is 1. The first-order valence-electron chi connectivity index (χ1n) is 7.37. The van der Waals surface area contributed by atoms with Crippen LogP contribution in [0.15, 0.2) is 48.0 Å². The number of hydrogen-bond donors (Lipinski definition) is 1. The molecule has 5 heteroatoms. The van der Waals surface area contributed by atoms with E-state index < -0.39 is 0 Å². The first-order chi connectivity index (χ1) is 11.6. The summed E-state index contributed by atoms with van der Waals surface area (Å²) in [4.78, 5) is 10.5. The Bertz CT molecular complexity index is 920. The van der Waals surface area contributed by atoms with Crippen LogP contribution in [0.5, 0.6) is 11.5 Å². The first-order valence-corrected chi connectivity index (χ1v) is 7.37. The lowest BCUT2D eigenvalue weighted by molar-refractivity contribution is -0.401. The van der Waals surface area contributed by atoms with Gasteiger partial charge in [0.15, 0.2) is 11.5 Å². The van der Waals surface area contributed by atoms with Gasteiger partial charge in [-0.3, -0.25) is 4.79 Å². The molecule has 1 aliphatic heterocycles. The van der Waals surface area contributed by atoms with E-state index in [2.05, 4.69) is 6.07 Å². The summed E-state index contributed by atoms with van der Waals surface area (Å²) in [6.45, 7) is 0.254. The van der Waals surface area contributed by atoms with Gasteiger partial charge in [-0.05, 0) is 23.8 Å². The van der Waals surface area contributed by atoms with E-state index in [0.29, 0.717) is 17.6 Å². The van der Waals surface area contributed by atoms with Crippen molar-refractivity contribution in [2.45, 2.75) is 6.42 Å². The lowest BCUT2D eigenvalue weighted by Crippen LogP contribution is -2.11. The summed E-state index contributed by atoms with van der Waals surface area (Å²) in [6, 6.07) is 14.9. The minimum atomic E-state index is -0.129. The summed E-state index contributed by atoms with van der Waals surface area (Å²) in [6.07, 6.45) is 2.40. The third-order valence-electron chi connectivity index (χ3n) is 4.02. The van der Waals surface area contributed by atoms with Crippen LogP contribution in [0.25, 0.3) is 6.08 Å². The summed E-state index contributed by atoms with van der Waals surface area (Å²) in [5.74, 6) is -0.0695. The Morgan fingerprint density at radius 3 is 2.83 bits per heavy atom.